The van der Waals surface area contributed by atoms with Gasteiger partial charge in [0.1, 0.15) is 5.75 Å². The minimum absolute atomic E-state index is 0.108. The third-order valence-corrected chi connectivity index (χ3v) is 5.96. The van der Waals surface area contributed by atoms with Gasteiger partial charge in [-0.05, 0) is 61.9 Å². The van der Waals surface area contributed by atoms with Crippen molar-refractivity contribution in [3.8, 4) is 5.75 Å². The summed E-state index contributed by atoms with van der Waals surface area (Å²) in [7, 11) is 0. The number of aryl methyl sites for hydroxylation is 1. The van der Waals surface area contributed by atoms with Crippen LogP contribution in [-0.2, 0) is 17.6 Å². The zero-order chi connectivity index (χ0) is 17.6. The van der Waals surface area contributed by atoms with Gasteiger partial charge in [0, 0.05) is 10.6 Å². The Labute approximate surface area is 150 Å². The number of hydrogen-bond acceptors (Lipinski definition) is 4. The number of benzene rings is 1. The van der Waals surface area contributed by atoms with Gasteiger partial charge in [-0.1, -0.05) is 6.92 Å². The van der Waals surface area contributed by atoms with Crippen molar-refractivity contribution in [2.75, 3.05) is 10.6 Å². The molecular formula is C19H20N2O3S. The summed E-state index contributed by atoms with van der Waals surface area (Å²) < 4.78 is 5.53. The predicted octanol–water partition coefficient (Wildman–Crippen LogP) is 3.84. The quantitative estimate of drug-likeness (QED) is 0.859. The fourth-order valence-corrected chi connectivity index (χ4v) is 4.40. The summed E-state index contributed by atoms with van der Waals surface area (Å²) in [5.41, 5.74) is 2.54. The Morgan fingerprint density at radius 3 is 3.00 bits per heavy atom. The normalized spacial score (nSPS) is 21.6. The summed E-state index contributed by atoms with van der Waals surface area (Å²) in [6.45, 7) is 3.96. The van der Waals surface area contributed by atoms with E-state index in [1.807, 2.05) is 6.07 Å². The van der Waals surface area contributed by atoms with Crippen molar-refractivity contribution in [2.24, 2.45) is 5.92 Å². The molecule has 2 N–H and O–H groups in total. The first-order valence-corrected chi connectivity index (χ1v) is 9.36. The molecule has 0 saturated heterocycles. The second kappa shape index (κ2) is 6.19. The molecule has 1 aliphatic heterocycles. The number of anilines is 2. The monoisotopic (exact) mass is 356 g/mol. The molecule has 1 aromatic carbocycles. The van der Waals surface area contributed by atoms with E-state index in [4.69, 9.17) is 4.74 Å². The Kier molecular flexibility index (Phi) is 4.00. The lowest BCUT2D eigenvalue weighted by Gasteiger charge is -2.23. The zero-order valence-electron chi connectivity index (χ0n) is 14.2. The standard InChI is InChI=1S/C19H20N2O3S/c1-10-3-6-16-12(7-10)8-17(25-16)19(23)20-13-4-5-15-14(9-13)21-18(22)11(2)24-15/h4-5,8-11H,3,6-7H2,1-2H3,(H,20,23)(H,21,22)/t10-,11-/m1/s1. The van der Waals surface area contributed by atoms with E-state index in [0.717, 1.165) is 17.7 Å². The third kappa shape index (κ3) is 3.14. The van der Waals surface area contributed by atoms with Crippen molar-refractivity contribution in [1.82, 2.24) is 0 Å². The van der Waals surface area contributed by atoms with Crippen LogP contribution in [0.15, 0.2) is 24.3 Å². The number of carbonyl (C=O) groups excluding carboxylic acids is 2. The molecule has 2 aromatic rings. The van der Waals surface area contributed by atoms with Crippen molar-refractivity contribution in [1.29, 1.82) is 0 Å². The summed E-state index contributed by atoms with van der Waals surface area (Å²) in [6, 6.07) is 7.31. The maximum absolute atomic E-state index is 12.6. The molecule has 25 heavy (non-hydrogen) atoms. The van der Waals surface area contributed by atoms with Crippen LogP contribution in [0.25, 0.3) is 0 Å². The fraction of sp³-hybridized carbons (Fsp3) is 0.368. The van der Waals surface area contributed by atoms with Crippen LogP contribution in [-0.4, -0.2) is 17.9 Å². The molecule has 2 heterocycles. The van der Waals surface area contributed by atoms with Gasteiger partial charge in [-0.25, -0.2) is 0 Å². The fourth-order valence-electron chi connectivity index (χ4n) is 3.30. The Bertz CT molecular complexity index is 858. The van der Waals surface area contributed by atoms with Gasteiger partial charge in [0.2, 0.25) is 0 Å². The Hall–Kier alpha value is -2.34. The van der Waals surface area contributed by atoms with Gasteiger partial charge in [0.25, 0.3) is 11.8 Å². The SMILES string of the molecule is C[C@@H]1CCc2sc(C(=O)Nc3ccc4c(c3)NC(=O)[C@@H](C)O4)cc2C1. The minimum atomic E-state index is -0.507. The molecule has 0 bridgehead atoms. The smallest absolute Gasteiger partial charge is 0.265 e. The molecule has 2 amide bonds. The first kappa shape index (κ1) is 16.1. The average molecular weight is 356 g/mol. The van der Waals surface area contributed by atoms with E-state index in [1.165, 1.54) is 16.9 Å². The number of carbonyl (C=O) groups is 2. The first-order valence-electron chi connectivity index (χ1n) is 8.54. The maximum Gasteiger partial charge on any atom is 0.265 e. The van der Waals surface area contributed by atoms with Crippen LogP contribution in [0.1, 0.15) is 40.4 Å². The predicted molar refractivity (Wildman–Crippen MR) is 98.6 cm³/mol. The molecule has 2 atom stereocenters. The molecule has 4 rings (SSSR count). The lowest BCUT2D eigenvalue weighted by molar-refractivity contribution is -0.122. The van der Waals surface area contributed by atoms with Gasteiger partial charge in [0.05, 0.1) is 10.6 Å². The maximum atomic E-state index is 12.6. The van der Waals surface area contributed by atoms with Gasteiger partial charge in [0.15, 0.2) is 6.10 Å². The second-order valence-electron chi connectivity index (χ2n) is 6.82. The summed E-state index contributed by atoms with van der Waals surface area (Å²) >= 11 is 1.59. The Balaban J connectivity index is 1.52. The van der Waals surface area contributed by atoms with Crippen LogP contribution < -0.4 is 15.4 Å². The van der Waals surface area contributed by atoms with Crippen LogP contribution in [0.3, 0.4) is 0 Å². The van der Waals surface area contributed by atoms with Crippen molar-refractivity contribution in [3.63, 3.8) is 0 Å². The zero-order valence-corrected chi connectivity index (χ0v) is 15.0. The molecule has 130 valence electrons. The topological polar surface area (TPSA) is 67.4 Å². The number of thiophene rings is 1. The van der Waals surface area contributed by atoms with Gasteiger partial charge in [-0.3, -0.25) is 9.59 Å². The van der Waals surface area contributed by atoms with Crippen LogP contribution in [0.4, 0.5) is 11.4 Å². The van der Waals surface area contributed by atoms with Gasteiger partial charge >= 0.3 is 0 Å². The van der Waals surface area contributed by atoms with E-state index in [2.05, 4.69) is 17.6 Å². The number of nitrogens with one attached hydrogen (secondary N) is 2. The molecule has 0 unspecified atom stereocenters. The molecular weight excluding hydrogens is 336 g/mol. The third-order valence-electron chi connectivity index (χ3n) is 4.72. The van der Waals surface area contributed by atoms with E-state index < -0.39 is 6.10 Å². The molecule has 1 aliphatic carbocycles. The first-order chi connectivity index (χ1) is 12.0. The van der Waals surface area contributed by atoms with Gasteiger partial charge in [-0.15, -0.1) is 11.3 Å². The number of ether oxygens (including phenoxy) is 1. The number of hydrogen-bond donors (Lipinski definition) is 2. The number of rotatable bonds is 2. The van der Waals surface area contributed by atoms with Crippen molar-refractivity contribution in [2.45, 2.75) is 39.2 Å². The van der Waals surface area contributed by atoms with E-state index in [1.54, 1.807) is 36.5 Å². The van der Waals surface area contributed by atoms with Crippen LogP contribution in [0.5, 0.6) is 5.75 Å². The highest BCUT2D eigenvalue weighted by Crippen LogP contribution is 2.34. The molecule has 5 nitrogen and oxygen atoms in total. The Morgan fingerprint density at radius 1 is 1.32 bits per heavy atom. The molecule has 6 heteroatoms. The molecule has 0 radical (unpaired) electrons. The molecule has 0 saturated carbocycles. The van der Waals surface area contributed by atoms with Crippen LogP contribution in [0, 0.1) is 5.92 Å². The van der Waals surface area contributed by atoms with E-state index >= 15 is 0 Å². The van der Waals surface area contributed by atoms with Gasteiger partial charge < -0.3 is 15.4 Å². The summed E-state index contributed by atoms with van der Waals surface area (Å²) in [4.78, 5) is 26.4. The van der Waals surface area contributed by atoms with E-state index in [9.17, 15) is 9.59 Å². The van der Waals surface area contributed by atoms with Crippen molar-refractivity contribution >= 4 is 34.5 Å². The minimum Gasteiger partial charge on any atom is -0.479 e. The molecule has 1 aromatic heterocycles. The van der Waals surface area contributed by atoms with Crippen LogP contribution in [0.2, 0.25) is 0 Å². The number of fused-ring (bicyclic) bond motifs is 2. The van der Waals surface area contributed by atoms with Crippen LogP contribution >= 0.6 is 11.3 Å². The summed E-state index contributed by atoms with van der Waals surface area (Å²) in [5, 5.41) is 5.71. The highest BCUT2D eigenvalue weighted by atomic mass is 32.1. The molecule has 0 spiro atoms. The average Bonchev–Trinajstić information content (AvgIpc) is 2.99. The van der Waals surface area contributed by atoms with Gasteiger partial charge in [-0.2, -0.15) is 0 Å². The van der Waals surface area contributed by atoms with E-state index in [-0.39, 0.29) is 11.8 Å². The largest absolute Gasteiger partial charge is 0.479 e. The lowest BCUT2D eigenvalue weighted by Crippen LogP contribution is -2.34. The van der Waals surface area contributed by atoms with Crippen molar-refractivity contribution in [3.05, 3.63) is 39.6 Å². The molecule has 0 fully saturated rings. The highest BCUT2D eigenvalue weighted by Gasteiger charge is 2.24. The second-order valence-corrected chi connectivity index (χ2v) is 7.96. The lowest BCUT2D eigenvalue weighted by atomic mass is 9.90. The van der Waals surface area contributed by atoms with Crippen molar-refractivity contribution < 1.29 is 14.3 Å². The summed E-state index contributed by atoms with van der Waals surface area (Å²) in [5.74, 6) is 1.01. The summed E-state index contributed by atoms with van der Waals surface area (Å²) in [6.07, 6.45) is 2.80. The highest BCUT2D eigenvalue weighted by molar-refractivity contribution is 7.14. The van der Waals surface area contributed by atoms with E-state index in [0.29, 0.717) is 23.0 Å². The number of amides is 2. The molecule has 2 aliphatic rings. The Morgan fingerprint density at radius 2 is 2.16 bits per heavy atom.